The van der Waals surface area contributed by atoms with Crippen LogP contribution in [0.2, 0.25) is 0 Å². The summed E-state index contributed by atoms with van der Waals surface area (Å²) in [6.45, 7) is 3.48. The largest absolute Gasteiger partial charge is 0.352 e. The lowest BCUT2D eigenvalue weighted by molar-refractivity contribution is 0.582. The van der Waals surface area contributed by atoms with E-state index in [9.17, 15) is 8.78 Å². The van der Waals surface area contributed by atoms with E-state index in [1.807, 2.05) is 29.2 Å². The molecule has 20 heavy (non-hydrogen) atoms. The van der Waals surface area contributed by atoms with Gasteiger partial charge in [-0.2, -0.15) is 0 Å². The minimum absolute atomic E-state index is 0. The van der Waals surface area contributed by atoms with Gasteiger partial charge in [0.1, 0.15) is 11.6 Å². The van der Waals surface area contributed by atoms with Crippen LogP contribution < -0.4 is 9.80 Å². The van der Waals surface area contributed by atoms with Crippen molar-refractivity contribution in [2.45, 2.75) is 6.92 Å². The van der Waals surface area contributed by atoms with Crippen LogP contribution in [0.3, 0.4) is 0 Å². The summed E-state index contributed by atoms with van der Waals surface area (Å²) in [5.74, 6) is -1.09. The zero-order chi connectivity index (χ0) is 13.4. The highest BCUT2D eigenvalue weighted by molar-refractivity contribution is 14.0. The molecule has 0 atom stereocenters. The Morgan fingerprint density at radius 1 is 1.00 bits per heavy atom. The molecule has 0 saturated carbocycles. The second kappa shape index (κ2) is 5.95. The molecular weight excluding hydrogens is 373 g/mol. The average molecular weight is 388 g/mol. The average Bonchev–Trinajstić information content (AvgIpc) is 2.78. The molecule has 0 saturated heterocycles. The standard InChI is InChI=1S/C15H14F2N2.HI/c1-2-18-10-19(15-6-4-3-5-14(15)18)13-8-7-11(16)9-12(13)17;/h3-9H,2,10H2,1H3;1H. The first-order chi connectivity index (χ1) is 9.20. The third-order valence-corrected chi connectivity index (χ3v) is 3.41. The van der Waals surface area contributed by atoms with Gasteiger partial charge in [0.15, 0.2) is 0 Å². The maximum absolute atomic E-state index is 13.9. The normalized spacial score (nSPS) is 13.2. The first-order valence-corrected chi connectivity index (χ1v) is 6.27. The third-order valence-electron chi connectivity index (χ3n) is 3.41. The number of nitrogens with zero attached hydrogens (tertiary/aromatic N) is 2. The molecule has 0 amide bonds. The first kappa shape index (κ1) is 15.0. The molecule has 2 aromatic rings. The predicted molar refractivity (Wildman–Crippen MR) is 88.2 cm³/mol. The summed E-state index contributed by atoms with van der Waals surface area (Å²) in [5, 5.41) is 0. The van der Waals surface area contributed by atoms with Crippen molar-refractivity contribution in [2.75, 3.05) is 23.0 Å². The molecule has 1 aliphatic heterocycles. The molecule has 5 heteroatoms. The van der Waals surface area contributed by atoms with Crippen molar-refractivity contribution in [2.24, 2.45) is 0 Å². The zero-order valence-electron chi connectivity index (χ0n) is 11.0. The Kier molecular flexibility index (Phi) is 4.47. The molecule has 0 aromatic heterocycles. The summed E-state index contributed by atoms with van der Waals surface area (Å²) in [6.07, 6.45) is 0. The fraction of sp³-hybridized carbons (Fsp3) is 0.200. The number of halogens is 3. The van der Waals surface area contributed by atoms with Crippen molar-refractivity contribution >= 4 is 41.0 Å². The topological polar surface area (TPSA) is 6.48 Å². The summed E-state index contributed by atoms with van der Waals surface area (Å²) in [5.41, 5.74) is 2.44. The van der Waals surface area contributed by atoms with Gasteiger partial charge in [0.25, 0.3) is 0 Å². The van der Waals surface area contributed by atoms with Crippen LogP contribution in [0, 0.1) is 11.6 Å². The first-order valence-electron chi connectivity index (χ1n) is 6.27. The second-order valence-electron chi connectivity index (χ2n) is 4.51. The summed E-state index contributed by atoms with van der Waals surface area (Å²) in [4.78, 5) is 4.02. The van der Waals surface area contributed by atoms with Crippen molar-refractivity contribution in [3.63, 3.8) is 0 Å². The van der Waals surface area contributed by atoms with Crippen molar-refractivity contribution in [1.29, 1.82) is 0 Å². The highest BCUT2D eigenvalue weighted by Gasteiger charge is 2.27. The van der Waals surface area contributed by atoms with Crippen molar-refractivity contribution in [3.05, 3.63) is 54.1 Å². The number of rotatable bonds is 2. The van der Waals surface area contributed by atoms with Crippen LogP contribution in [0.5, 0.6) is 0 Å². The molecular formula is C15H15F2IN2. The van der Waals surface area contributed by atoms with Gasteiger partial charge in [-0.25, -0.2) is 8.78 Å². The molecule has 1 heterocycles. The Morgan fingerprint density at radius 3 is 2.35 bits per heavy atom. The van der Waals surface area contributed by atoms with E-state index < -0.39 is 11.6 Å². The summed E-state index contributed by atoms with van der Waals surface area (Å²) >= 11 is 0. The van der Waals surface area contributed by atoms with Crippen LogP contribution in [-0.2, 0) is 0 Å². The van der Waals surface area contributed by atoms with Crippen molar-refractivity contribution < 1.29 is 8.78 Å². The molecule has 2 nitrogen and oxygen atoms in total. The van der Waals surface area contributed by atoms with Crippen LogP contribution in [0.15, 0.2) is 42.5 Å². The van der Waals surface area contributed by atoms with E-state index in [4.69, 9.17) is 0 Å². The van der Waals surface area contributed by atoms with E-state index in [-0.39, 0.29) is 24.0 Å². The summed E-state index contributed by atoms with van der Waals surface area (Å²) in [7, 11) is 0. The van der Waals surface area contributed by atoms with Gasteiger partial charge in [0.2, 0.25) is 0 Å². The second-order valence-corrected chi connectivity index (χ2v) is 4.51. The molecule has 2 aromatic carbocycles. The van der Waals surface area contributed by atoms with Gasteiger partial charge >= 0.3 is 0 Å². The van der Waals surface area contributed by atoms with Gasteiger partial charge < -0.3 is 9.80 Å². The summed E-state index contributed by atoms with van der Waals surface area (Å²) < 4.78 is 26.9. The van der Waals surface area contributed by atoms with E-state index >= 15 is 0 Å². The molecule has 0 unspecified atom stereocenters. The van der Waals surface area contributed by atoms with Crippen molar-refractivity contribution in [1.82, 2.24) is 0 Å². The number of benzene rings is 2. The predicted octanol–water partition coefficient (Wildman–Crippen LogP) is 4.52. The number of fused-ring (bicyclic) bond motifs is 1. The molecule has 0 radical (unpaired) electrons. The van der Waals surface area contributed by atoms with Crippen LogP contribution in [0.4, 0.5) is 25.8 Å². The fourth-order valence-corrected chi connectivity index (χ4v) is 2.46. The highest BCUT2D eigenvalue weighted by atomic mass is 127. The van der Waals surface area contributed by atoms with Gasteiger partial charge in [-0.3, -0.25) is 0 Å². The number of hydrogen-bond donors (Lipinski definition) is 0. The Bertz CT molecular complexity index is 619. The molecule has 106 valence electrons. The molecule has 3 rings (SSSR count). The smallest absolute Gasteiger partial charge is 0.149 e. The third kappa shape index (κ3) is 2.46. The Balaban J connectivity index is 0.00000147. The monoisotopic (exact) mass is 388 g/mol. The Labute approximate surface area is 134 Å². The number of anilines is 3. The van der Waals surface area contributed by atoms with E-state index in [2.05, 4.69) is 11.8 Å². The van der Waals surface area contributed by atoms with Crippen LogP contribution >= 0.6 is 24.0 Å². The number of para-hydroxylation sites is 2. The Morgan fingerprint density at radius 2 is 1.70 bits per heavy atom. The molecule has 0 fully saturated rings. The maximum atomic E-state index is 13.9. The fourth-order valence-electron chi connectivity index (χ4n) is 2.46. The lowest BCUT2D eigenvalue weighted by Crippen LogP contribution is -2.27. The van der Waals surface area contributed by atoms with Crippen LogP contribution in [0.1, 0.15) is 6.92 Å². The van der Waals surface area contributed by atoms with Gasteiger partial charge in [-0.05, 0) is 31.2 Å². The SMILES string of the molecule is CCN1CN(c2ccc(F)cc2F)c2ccccc21.I. The van der Waals surface area contributed by atoms with E-state index in [1.54, 1.807) is 0 Å². The van der Waals surface area contributed by atoms with Gasteiger partial charge in [0.05, 0.1) is 23.7 Å². The van der Waals surface area contributed by atoms with Gasteiger partial charge in [-0.1, -0.05) is 12.1 Å². The van der Waals surface area contributed by atoms with Gasteiger partial charge in [-0.15, -0.1) is 24.0 Å². The van der Waals surface area contributed by atoms with E-state index in [0.717, 1.165) is 24.0 Å². The zero-order valence-corrected chi connectivity index (χ0v) is 13.3. The molecule has 0 spiro atoms. The number of hydrogen-bond acceptors (Lipinski definition) is 2. The summed E-state index contributed by atoms with van der Waals surface area (Å²) in [6, 6.07) is 11.6. The molecule has 1 aliphatic rings. The van der Waals surface area contributed by atoms with Crippen LogP contribution in [0.25, 0.3) is 0 Å². The lowest BCUT2D eigenvalue weighted by Gasteiger charge is -2.21. The van der Waals surface area contributed by atoms with Crippen molar-refractivity contribution in [3.8, 4) is 0 Å². The minimum Gasteiger partial charge on any atom is -0.352 e. The Hall–Kier alpha value is -1.37. The van der Waals surface area contributed by atoms with E-state index in [0.29, 0.717) is 12.4 Å². The quantitative estimate of drug-likeness (QED) is 0.699. The van der Waals surface area contributed by atoms with E-state index in [1.165, 1.54) is 12.1 Å². The molecule has 0 bridgehead atoms. The maximum Gasteiger partial charge on any atom is 0.149 e. The van der Waals surface area contributed by atoms with Gasteiger partial charge in [0, 0.05) is 12.6 Å². The lowest BCUT2D eigenvalue weighted by atomic mass is 10.2. The van der Waals surface area contributed by atoms with Crippen LogP contribution in [-0.4, -0.2) is 13.2 Å². The molecule has 0 N–H and O–H groups in total. The minimum atomic E-state index is -0.555. The molecule has 0 aliphatic carbocycles. The highest BCUT2D eigenvalue weighted by Crippen LogP contribution is 2.40.